The molecule has 58 valence electrons. The highest BCUT2D eigenvalue weighted by Crippen LogP contribution is 2.17. The van der Waals surface area contributed by atoms with Gasteiger partial charge >= 0.3 is 0 Å². The second-order valence-corrected chi connectivity index (χ2v) is 3.24. The van der Waals surface area contributed by atoms with Gasteiger partial charge in [-0.1, -0.05) is 26.5 Å². The summed E-state index contributed by atoms with van der Waals surface area (Å²) in [6.07, 6.45) is 5.53. The minimum absolute atomic E-state index is 0.917. The summed E-state index contributed by atoms with van der Waals surface area (Å²) in [6.45, 7) is 8.16. The summed E-state index contributed by atoms with van der Waals surface area (Å²) in [7, 11) is 0. The lowest BCUT2D eigenvalue weighted by molar-refractivity contribution is 0.463. The van der Waals surface area contributed by atoms with Crippen LogP contribution in [0.4, 0.5) is 0 Å². The molecule has 0 radical (unpaired) electrons. The second-order valence-electron chi connectivity index (χ2n) is 3.24. The maximum atomic E-state index is 2.64. The minimum Gasteiger partial charge on any atom is -0.342 e. The van der Waals surface area contributed by atoms with Crippen molar-refractivity contribution in [1.29, 1.82) is 0 Å². The first-order valence-corrected chi connectivity index (χ1v) is 4.62. The average molecular weight is 139 g/mol. The first-order valence-electron chi connectivity index (χ1n) is 4.62. The Hall–Kier alpha value is 0.0249. The molecule has 1 aliphatic heterocycles. The van der Waals surface area contributed by atoms with E-state index in [0.29, 0.717) is 0 Å². The molecule has 0 saturated carbocycles. The number of rotatable bonds is 3. The van der Waals surface area contributed by atoms with E-state index in [2.05, 4.69) is 18.7 Å². The zero-order valence-electron chi connectivity index (χ0n) is 7.27. The molecule has 0 aromatic rings. The standard InChI is InChI=1S/C8H18BN/c1-3-7-10-8-5-6-9(10)4-2/h3-8H2,1-2H3. The lowest BCUT2D eigenvalue weighted by Gasteiger charge is -2.19. The van der Waals surface area contributed by atoms with Crippen molar-refractivity contribution < 1.29 is 0 Å². The van der Waals surface area contributed by atoms with Crippen molar-refractivity contribution in [1.82, 2.24) is 4.81 Å². The SMILES string of the molecule is CCCN1CCCB1CC. The van der Waals surface area contributed by atoms with Crippen molar-refractivity contribution in [3.8, 4) is 0 Å². The van der Waals surface area contributed by atoms with Gasteiger partial charge in [-0.25, -0.2) is 0 Å². The van der Waals surface area contributed by atoms with Gasteiger partial charge in [0.25, 0.3) is 0 Å². The second kappa shape index (κ2) is 4.02. The molecule has 0 unspecified atom stereocenters. The molecule has 0 atom stereocenters. The highest BCUT2D eigenvalue weighted by Gasteiger charge is 2.25. The van der Waals surface area contributed by atoms with Crippen molar-refractivity contribution in [3.63, 3.8) is 0 Å². The monoisotopic (exact) mass is 139 g/mol. The molecule has 10 heavy (non-hydrogen) atoms. The molecule has 1 rings (SSSR count). The fraction of sp³-hybridized carbons (Fsp3) is 1.00. The van der Waals surface area contributed by atoms with E-state index in [1.54, 1.807) is 0 Å². The molecular formula is C8H18BN. The maximum absolute atomic E-state index is 2.64. The lowest BCUT2D eigenvalue weighted by Crippen LogP contribution is -2.33. The summed E-state index contributed by atoms with van der Waals surface area (Å²) in [6, 6.07) is 0. The third-order valence-electron chi connectivity index (χ3n) is 2.48. The van der Waals surface area contributed by atoms with E-state index < -0.39 is 0 Å². The quantitative estimate of drug-likeness (QED) is 0.541. The van der Waals surface area contributed by atoms with Crippen LogP contribution in [-0.4, -0.2) is 24.7 Å². The normalized spacial score (nSPS) is 20.4. The summed E-state index contributed by atoms with van der Waals surface area (Å²) in [5, 5.41) is 0. The van der Waals surface area contributed by atoms with Gasteiger partial charge in [0.2, 0.25) is 6.85 Å². The maximum Gasteiger partial charge on any atom is 0.222 e. The van der Waals surface area contributed by atoms with E-state index in [-0.39, 0.29) is 0 Å². The van der Waals surface area contributed by atoms with Gasteiger partial charge in [-0.05, 0) is 25.9 Å². The van der Waals surface area contributed by atoms with Gasteiger partial charge in [0.05, 0.1) is 0 Å². The third kappa shape index (κ3) is 1.75. The number of hydrogen-bond donors (Lipinski definition) is 0. The Morgan fingerprint density at radius 2 is 2.20 bits per heavy atom. The molecule has 1 aliphatic rings. The Morgan fingerprint density at radius 3 is 2.80 bits per heavy atom. The summed E-state index contributed by atoms with van der Waals surface area (Å²) in [5.41, 5.74) is 0. The molecule has 0 bridgehead atoms. The third-order valence-corrected chi connectivity index (χ3v) is 2.48. The van der Waals surface area contributed by atoms with Crippen LogP contribution >= 0.6 is 0 Å². The molecule has 0 amide bonds. The zero-order valence-corrected chi connectivity index (χ0v) is 7.27. The molecule has 2 heteroatoms. The molecule has 1 saturated heterocycles. The molecular weight excluding hydrogens is 121 g/mol. The fourth-order valence-corrected chi connectivity index (χ4v) is 1.94. The number of nitrogens with zero attached hydrogens (tertiary/aromatic N) is 1. The van der Waals surface area contributed by atoms with Crippen LogP contribution in [0.25, 0.3) is 0 Å². The van der Waals surface area contributed by atoms with Gasteiger partial charge < -0.3 is 4.81 Å². The predicted molar refractivity (Wildman–Crippen MR) is 47.5 cm³/mol. The smallest absolute Gasteiger partial charge is 0.222 e. The van der Waals surface area contributed by atoms with Gasteiger partial charge in [-0.2, -0.15) is 0 Å². The van der Waals surface area contributed by atoms with Gasteiger partial charge in [0, 0.05) is 0 Å². The summed E-state index contributed by atoms with van der Waals surface area (Å²) < 4.78 is 0. The molecule has 0 N–H and O–H groups in total. The van der Waals surface area contributed by atoms with E-state index in [1.807, 2.05) is 0 Å². The van der Waals surface area contributed by atoms with E-state index >= 15 is 0 Å². The lowest BCUT2D eigenvalue weighted by atomic mass is 9.57. The van der Waals surface area contributed by atoms with Gasteiger partial charge in [-0.3, -0.25) is 0 Å². The summed E-state index contributed by atoms with van der Waals surface area (Å²) >= 11 is 0. The zero-order chi connectivity index (χ0) is 7.40. The van der Waals surface area contributed by atoms with E-state index in [0.717, 1.165) is 6.85 Å². The van der Waals surface area contributed by atoms with E-state index in [9.17, 15) is 0 Å². The molecule has 0 aromatic heterocycles. The van der Waals surface area contributed by atoms with Crippen LogP contribution in [0, 0.1) is 0 Å². The molecule has 0 aliphatic carbocycles. The van der Waals surface area contributed by atoms with Crippen molar-refractivity contribution >= 4 is 6.85 Å². The Balaban J connectivity index is 2.27. The van der Waals surface area contributed by atoms with Crippen molar-refractivity contribution in [2.45, 2.75) is 39.3 Å². The molecule has 0 aromatic carbocycles. The van der Waals surface area contributed by atoms with Crippen LogP contribution in [0.15, 0.2) is 0 Å². The summed E-state index contributed by atoms with van der Waals surface area (Å²) in [4.78, 5) is 2.64. The van der Waals surface area contributed by atoms with E-state index in [1.165, 1.54) is 38.6 Å². The van der Waals surface area contributed by atoms with Crippen LogP contribution in [-0.2, 0) is 0 Å². The van der Waals surface area contributed by atoms with Crippen LogP contribution in [0.3, 0.4) is 0 Å². The first-order chi connectivity index (χ1) is 4.88. The minimum atomic E-state index is 0.917. The predicted octanol–water partition coefficient (Wildman–Crippen LogP) is 2.11. The van der Waals surface area contributed by atoms with Crippen molar-refractivity contribution in [3.05, 3.63) is 0 Å². The molecule has 1 fully saturated rings. The topological polar surface area (TPSA) is 3.24 Å². The van der Waals surface area contributed by atoms with Gasteiger partial charge in [0.15, 0.2) is 0 Å². The highest BCUT2D eigenvalue weighted by molar-refractivity contribution is 6.56. The highest BCUT2D eigenvalue weighted by atomic mass is 15.1. The Bertz CT molecular complexity index is 95.3. The number of hydrogen-bond acceptors (Lipinski definition) is 1. The Morgan fingerprint density at radius 1 is 1.40 bits per heavy atom. The molecule has 1 nitrogen and oxygen atoms in total. The van der Waals surface area contributed by atoms with Gasteiger partial charge in [-0.15, -0.1) is 0 Å². The van der Waals surface area contributed by atoms with Crippen LogP contribution in [0.5, 0.6) is 0 Å². The van der Waals surface area contributed by atoms with Gasteiger partial charge in [0.1, 0.15) is 0 Å². The largest absolute Gasteiger partial charge is 0.342 e. The fourth-order valence-electron chi connectivity index (χ4n) is 1.94. The van der Waals surface area contributed by atoms with Crippen LogP contribution in [0.2, 0.25) is 12.6 Å². The Labute approximate surface area is 64.9 Å². The summed E-state index contributed by atoms with van der Waals surface area (Å²) in [5.74, 6) is 0. The average Bonchev–Trinajstić information content (AvgIpc) is 2.36. The van der Waals surface area contributed by atoms with Crippen LogP contribution in [0.1, 0.15) is 26.7 Å². The molecule has 0 spiro atoms. The van der Waals surface area contributed by atoms with Crippen molar-refractivity contribution in [2.24, 2.45) is 0 Å². The first kappa shape index (κ1) is 8.12. The van der Waals surface area contributed by atoms with E-state index in [4.69, 9.17) is 0 Å². The molecule has 1 heterocycles. The van der Waals surface area contributed by atoms with Crippen molar-refractivity contribution in [2.75, 3.05) is 13.1 Å². The Kier molecular flexibility index (Phi) is 3.27. The van der Waals surface area contributed by atoms with Crippen LogP contribution < -0.4 is 0 Å².